The Labute approximate surface area is 106 Å². The average molecular weight is 248 g/mol. The molecule has 0 atom stereocenters. The largest absolute Gasteiger partial charge is 0.306 e. The van der Waals surface area contributed by atoms with E-state index < -0.39 is 0 Å². The molecule has 1 aromatic carbocycles. The van der Waals surface area contributed by atoms with E-state index in [1.165, 1.54) is 6.33 Å². The van der Waals surface area contributed by atoms with E-state index in [9.17, 15) is 4.39 Å². The maximum atomic E-state index is 13.5. The first-order valence-corrected chi connectivity index (χ1v) is 5.87. The van der Waals surface area contributed by atoms with Crippen molar-refractivity contribution in [3.63, 3.8) is 0 Å². The fourth-order valence-electron chi connectivity index (χ4n) is 1.94. The lowest BCUT2D eigenvalue weighted by molar-refractivity contribution is 0.599. The van der Waals surface area contributed by atoms with Gasteiger partial charge in [-0.3, -0.25) is 4.68 Å². The highest BCUT2D eigenvalue weighted by Crippen LogP contribution is 2.14. The number of rotatable bonds is 4. The summed E-state index contributed by atoms with van der Waals surface area (Å²) in [5, 5.41) is 7.27. The van der Waals surface area contributed by atoms with Gasteiger partial charge in [-0.1, -0.05) is 12.1 Å². The minimum absolute atomic E-state index is 0.118. The summed E-state index contributed by atoms with van der Waals surface area (Å²) in [6.07, 6.45) is 1.53. The van der Waals surface area contributed by atoms with Gasteiger partial charge in [0.05, 0.1) is 6.54 Å². The van der Waals surface area contributed by atoms with Crippen molar-refractivity contribution in [2.45, 2.75) is 26.9 Å². The molecule has 4 nitrogen and oxygen atoms in total. The summed E-state index contributed by atoms with van der Waals surface area (Å²) in [6.45, 7) is 4.91. The number of aromatic nitrogens is 3. The smallest absolute Gasteiger partial charge is 0.140 e. The predicted molar refractivity (Wildman–Crippen MR) is 67.4 cm³/mol. The minimum Gasteiger partial charge on any atom is -0.306 e. The molecule has 2 rings (SSSR count). The Kier molecular flexibility index (Phi) is 3.72. The molecular weight excluding hydrogens is 231 g/mol. The van der Waals surface area contributed by atoms with Gasteiger partial charge in [0.1, 0.15) is 18.0 Å². The number of benzene rings is 1. The molecule has 1 N–H and O–H groups in total. The van der Waals surface area contributed by atoms with Crippen LogP contribution in [0.4, 0.5) is 4.39 Å². The molecule has 18 heavy (non-hydrogen) atoms. The summed E-state index contributed by atoms with van der Waals surface area (Å²) in [5.74, 6) is 0.762. The molecule has 0 fully saturated rings. The Morgan fingerprint density at radius 3 is 2.44 bits per heavy atom. The van der Waals surface area contributed by atoms with Gasteiger partial charge in [0.25, 0.3) is 0 Å². The maximum Gasteiger partial charge on any atom is 0.140 e. The Hall–Kier alpha value is -1.75. The molecule has 0 saturated heterocycles. The molecule has 0 aliphatic heterocycles. The molecule has 1 aromatic heterocycles. The monoisotopic (exact) mass is 248 g/mol. The lowest BCUT2D eigenvalue weighted by atomic mass is 10.1. The van der Waals surface area contributed by atoms with Crippen LogP contribution in [0.25, 0.3) is 0 Å². The van der Waals surface area contributed by atoms with E-state index in [0.717, 1.165) is 11.4 Å². The third-order valence-corrected chi connectivity index (χ3v) is 2.91. The number of nitrogens with one attached hydrogen (secondary N) is 1. The van der Waals surface area contributed by atoms with Crippen LogP contribution < -0.4 is 5.32 Å². The van der Waals surface area contributed by atoms with Gasteiger partial charge in [0.15, 0.2) is 0 Å². The molecule has 0 aliphatic carbocycles. The number of hydrogen-bond donors (Lipinski definition) is 1. The third-order valence-electron chi connectivity index (χ3n) is 2.91. The molecule has 96 valence electrons. The standard InChI is InChI=1S/C13H17FN4/c1-9-4-11(5-10(2)13(9)14)6-15-7-12-16-8-17-18(12)3/h4-5,8,15H,6-7H2,1-3H3. The number of nitrogens with zero attached hydrogens (tertiary/aromatic N) is 3. The highest BCUT2D eigenvalue weighted by molar-refractivity contribution is 5.30. The van der Waals surface area contributed by atoms with Crippen LogP contribution in [0.3, 0.4) is 0 Å². The first kappa shape index (κ1) is 12.7. The summed E-state index contributed by atoms with van der Waals surface area (Å²) in [4.78, 5) is 4.13. The number of hydrogen-bond acceptors (Lipinski definition) is 3. The normalized spacial score (nSPS) is 10.9. The van der Waals surface area contributed by atoms with Crippen molar-refractivity contribution in [3.8, 4) is 0 Å². The zero-order chi connectivity index (χ0) is 13.1. The molecule has 0 bridgehead atoms. The summed E-state index contributed by atoms with van der Waals surface area (Å²) in [7, 11) is 1.86. The van der Waals surface area contributed by atoms with Gasteiger partial charge in [-0.25, -0.2) is 9.37 Å². The summed E-state index contributed by atoms with van der Waals surface area (Å²) < 4.78 is 15.2. The van der Waals surface area contributed by atoms with Crippen molar-refractivity contribution in [2.75, 3.05) is 0 Å². The van der Waals surface area contributed by atoms with E-state index in [1.807, 2.05) is 19.2 Å². The highest BCUT2D eigenvalue weighted by atomic mass is 19.1. The van der Waals surface area contributed by atoms with Crippen LogP contribution in [0.1, 0.15) is 22.5 Å². The van der Waals surface area contributed by atoms with Crippen LogP contribution in [0.5, 0.6) is 0 Å². The van der Waals surface area contributed by atoms with Crippen molar-refractivity contribution in [1.82, 2.24) is 20.1 Å². The molecule has 1 heterocycles. The van der Waals surface area contributed by atoms with Gasteiger partial charge in [-0.15, -0.1) is 0 Å². The number of halogens is 1. The summed E-state index contributed by atoms with van der Waals surface area (Å²) in [5.41, 5.74) is 2.45. The molecule has 0 spiro atoms. The van der Waals surface area contributed by atoms with Gasteiger partial charge >= 0.3 is 0 Å². The van der Waals surface area contributed by atoms with Crippen molar-refractivity contribution < 1.29 is 4.39 Å². The van der Waals surface area contributed by atoms with Crippen molar-refractivity contribution in [3.05, 3.63) is 46.8 Å². The van der Waals surface area contributed by atoms with E-state index >= 15 is 0 Å². The van der Waals surface area contributed by atoms with Crippen LogP contribution >= 0.6 is 0 Å². The molecule has 0 aliphatic rings. The fraction of sp³-hybridized carbons (Fsp3) is 0.385. The van der Waals surface area contributed by atoms with Crippen molar-refractivity contribution in [2.24, 2.45) is 7.05 Å². The van der Waals surface area contributed by atoms with E-state index in [4.69, 9.17) is 0 Å². The molecule has 0 amide bonds. The molecule has 0 saturated carbocycles. The fourth-order valence-corrected chi connectivity index (χ4v) is 1.94. The zero-order valence-electron chi connectivity index (χ0n) is 10.9. The van der Waals surface area contributed by atoms with Crippen LogP contribution in [0.2, 0.25) is 0 Å². The summed E-state index contributed by atoms with van der Waals surface area (Å²) in [6, 6.07) is 3.73. The molecular formula is C13H17FN4. The minimum atomic E-state index is -0.118. The lowest BCUT2D eigenvalue weighted by Crippen LogP contribution is -2.16. The quantitative estimate of drug-likeness (QED) is 0.898. The zero-order valence-corrected chi connectivity index (χ0v) is 10.9. The maximum absolute atomic E-state index is 13.5. The second-order valence-electron chi connectivity index (χ2n) is 4.45. The second kappa shape index (κ2) is 5.27. The second-order valence-corrected chi connectivity index (χ2v) is 4.45. The van der Waals surface area contributed by atoms with E-state index in [2.05, 4.69) is 15.4 Å². The summed E-state index contributed by atoms with van der Waals surface area (Å²) >= 11 is 0. The van der Waals surface area contributed by atoms with Gasteiger partial charge in [0, 0.05) is 13.6 Å². The highest BCUT2D eigenvalue weighted by Gasteiger charge is 2.05. The Morgan fingerprint density at radius 2 is 1.89 bits per heavy atom. The van der Waals surface area contributed by atoms with E-state index in [0.29, 0.717) is 24.2 Å². The molecule has 5 heteroatoms. The molecule has 2 aromatic rings. The van der Waals surface area contributed by atoms with Gasteiger partial charge < -0.3 is 5.32 Å². The van der Waals surface area contributed by atoms with Crippen LogP contribution in [-0.4, -0.2) is 14.8 Å². The van der Waals surface area contributed by atoms with Gasteiger partial charge in [0.2, 0.25) is 0 Å². The first-order valence-electron chi connectivity index (χ1n) is 5.87. The van der Waals surface area contributed by atoms with Crippen molar-refractivity contribution >= 4 is 0 Å². The Bertz CT molecular complexity index is 525. The SMILES string of the molecule is Cc1cc(CNCc2ncnn2C)cc(C)c1F. The number of aryl methyl sites for hydroxylation is 3. The Balaban J connectivity index is 1.97. The lowest BCUT2D eigenvalue weighted by Gasteiger charge is -2.08. The van der Waals surface area contributed by atoms with Gasteiger partial charge in [-0.05, 0) is 30.5 Å². The van der Waals surface area contributed by atoms with Crippen LogP contribution in [-0.2, 0) is 20.1 Å². The first-order chi connectivity index (χ1) is 8.58. The molecule has 0 unspecified atom stereocenters. The van der Waals surface area contributed by atoms with E-state index in [-0.39, 0.29) is 5.82 Å². The average Bonchev–Trinajstić information content (AvgIpc) is 2.72. The van der Waals surface area contributed by atoms with Crippen molar-refractivity contribution in [1.29, 1.82) is 0 Å². The van der Waals surface area contributed by atoms with Crippen LogP contribution in [0.15, 0.2) is 18.5 Å². The van der Waals surface area contributed by atoms with E-state index in [1.54, 1.807) is 18.5 Å². The predicted octanol–water partition coefficient (Wildman–Crippen LogP) is 1.86. The van der Waals surface area contributed by atoms with Gasteiger partial charge in [-0.2, -0.15) is 5.10 Å². The molecule has 0 radical (unpaired) electrons. The Morgan fingerprint density at radius 1 is 1.22 bits per heavy atom. The third kappa shape index (κ3) is 2.73. The van der Waals surface area contributed by atoms with Crippen LogP contribution in [0, 0.1) is 19.7 Å². The topological polar surface area (TPSA) is 42.7 Å².